The van der Waals surface area contributed by atoms with Gasteiger partial charge in [0, 0.05) is 19.3 Å². The van der Waals surface area contributed by atoms with E-state index in [1.165, 1.54) is 38.5 Å². The van der Waals surface area contributed by atoms with Crippen LogP contribution in [0.3, 0.4) is 0 Å². The van der Waals surface area contributed by atoms with Crippen molar-refractivity contribution < 1.29 is 19.2 Å². The Morgan fingerprint density at radius 1 is 0.905 bits per heavy atom. The van der Waals surface area contributed by atoms with E-state index < -0.39 is 17.8 Å². The van der Waals surface area contributed by atoms with Crippen LogP contribution in [0.2, 0.25) is 0 Å². The molecule has 0 aromatic carbocycles. The van der Waals surface area contributed by atoms with Crippen molar-refractivity contribution in [3.63, 3.8) is 0 Å². The topological polar surface area (TPSA) is 63.7 Å². The third-order valence-corrected chi connectivity index (χ3v) is 3.68. The number of carbonyl (C=O) groups excluding carboxylic acids is 3. The van der Waals surface area contributed by atoms with Crippen molar-refractivity contribution >= 4 is 17.8 Å². The normalized spacial score (nSPS) is 14.8. The molecule has 0 radical (unpaired) electrons. The van der Waals surface area contributed by atoms with Gasteiger partial charge in [0.15, 0.2) is 0 Å². The first-order chi connectivity index (χ1) is 10.1. The first kappa shape index (κ1) is 17.7. The highest BCUT2D eigenvalue weighted by atomic mass is 16.7. The summed E-state index contributed by atoms with van der Waals surface area (Å²) in [5.74, 6) is -1.32. The van der Waals surface area contributed by atoms with Gasteiger partial charge in [-0.2, -0.15) is 0 Å². The zero-order chi connectivity index (χ0) is 15.5. The van der Waals surface area contributed by atoms with Gasteiger partial charge in [0.25, 0.3) is 11.8 Å². The molecule has 1 aliphatic rings. The molecule has 120 valence electrons. The SMILES string of the molecule is CCCCCCCCCCCC(=O)ON1C(=O)CCC1=O. The van der Waals surface area contributed by atoms with Crippen molar-refractivity contribution in [1.82, 2.24) is 5.06 Å². The van der Waals surface area contributed by atoms with E-state index in [1.54, 1.807) is 0 Å². The minimum atomic E-state index is -0.485. The van der Waals surface area contributed by atoms with Crippen molar-refractivity contribution in [1.29, 1.82) is 0 Å². The maximum absolute atomic E-state index is 11.5. The number of hydrogen-bond donors (Lipinski definition) is 0. The molecule has 0 aromatic rings. The number of amides is 2. The van der Waals surface area contributed by atoms with E-state index in [1.807, 2.05) is 0 Å². The number of hydroxylamine groups is 2. The average Bonchev–Trinajstić information content (AvgIpc) is 2.77. The second-order valence-electron chi connectivity index (χ2n) is 5.62. The van der Waals surface area contributed by atoms with Gasteiger partial charge in [-0.15, -0.1) is 5.06 Å². The second-order valence-corrected chi connectivity index (χ2v) is 5.62. The van der Waals surface area contributed by atoms with Crippen LogP contribution >= 0.6 is 0 Å². The van der Waals surface area contributed by atoms with Crippen molar-refractivity contribution in [2.45, 2.75) is 84.0 Å². The minimum Gasteiger partial charge on any atom is -0.330 e. The van der Waals surface area contributed by atoms with E-state index in [0.29, 0.717) is 5.06 Å². The highest BCUT2D eigenvalue weighted by Gasteiger charge is 2.32. The van der Waals surface area contributed by atoms with E-state index in [0.717, 1.165) is 19.3 Å². The Bertz CT molecular complexity index is 338. The lowest BCUT2D eigenvalue weighted by Gasteiger charge is -2.12. The monoisotopic (exact) mass is 297 g/mol. The molecule has 1 heterocycles. The van der Waals surface area contributed by atoms with Crippen LogP contribution in [-0.4, -0.2) is 22.8 Å². The molecule has 1 fully saturated rings. The van der Waals surface area contributed by atoms with Crippen molar-refractivity contribution in [3.8, 4) is 0 Å². The van der Waals surface area contributed by atoms with Crippen molar-refractivity contribution in [2.24, 2.45) is 0 Å². The number of unbranched alkanes of at least 4 members (excludes halogenated alkanes) is 8. The zero-order valence-corrected chi connectivity index (χ0v) is 13.1. The van der Waals surface area contributed by atoms with E-state index in [2.05, 4.69) is 6.92 Å². The summed E-state index contributed by atoms with van der Waals surface area (Å²) in [5, 5.41) is 0.621. The first-order valence-corrected chi connectivity index (χ1v) is 8.21. The van der Waals surface area contributed by atoms with Crippen LogP contribution in [0.4, 0.5) is 0 Å². The lowest BCUT2D eigenvalue weighted by atomic mass is 10.1. The van der Waals surface area contributed by atoms with Gasteiger partial charge in [0.05, 0.1) is 0 Å². The summed E-state index contributed by atoms with van der Waals surface area (Å²) in [6.07, 6.45) is 11.1. The Morgan fingerprint density at radius 3 is 1.90 bits per heavy atom. The molecule has 21 heavy (non-hydrogen) atoms. The average molecular weight is 297 g/mol. The summed E-state index contributed by atoms with van der Waals surface area (Å²) in [6, 6.07) is 0. The largest absolute Gasteiger partial charge is 0.333 e. The van der Waals surface area contributed by atoms with Crippen LogP contribution in [0.25, 0.3) is 0 Å². The quantitative estimate of drug-likeness (QED) is 0.432. The van der Waals surface area contributed by atoms with Gasteiger partial charge in [0.1, 0.15) is 0 Å². The summed E-state index contributed by atoms with van der Waals surface area (Å²) >= 11 is 0. The van der Waals surface area contributed by atoms with Crippen molar-refractivity contribution in [3.05, 3.63) is 0 Å². The van der Waals surface area contributed by atoms with Gasteiger partial charge in [-0.25, -0.2) is 4.79 Å². The van der Waals surface area contributed by atoms with Crippen LogP contribution < -0.4 is 0 Å². The summed E-state index contributed by atoms with van der Waals surface area (Å²) in [4.78, 5) is 38.9. The molecule has 5 heteroatoms. The number of rotatable bonds is 11. The highest BCUT2D eigenvalue weighted by molar-refractivity contribution is 6.01. The molecule has 1 aliphatic heterocycles. The number of carbonyl (C=O) groups is 3. The van der Waals surface area contributed by atoms with Gasteiger partial charge in [0.2, 0.25) is 0 Å². The predicted molar refractivity (Wildman–Crippen MR) is 79.0 cm³/mol. The molecule has 1 rings (SSSR count). The maximum atomic E-state index is 11.5. The lowest BCUT2D eigenvalue weighted by Crippen LogP contribution is -2.31. The molecule has 0 saturated carbocycles. The summed E-state index contributed by atoms with van der Waals surface area (Å²) in [6.45, 7) is 2.21. The van der Waals surface area contributed by atoms with Gasteiger partial charge in [-0.1, -0.05) is 58.3 Å². The number of imide groups is 1. The predicted octanol–water partition coefficient (Wildman–Crippen LogP) is 3.51. The van der Waals surface area contributed by atoms with E-state index >= 15 is 0 Å². The molecule has 2 amide bonds. The van der Waals surface area contributed by atoms with Gasteiger partial charge < -0.3 is 4.84 Å². The van der Waals surface area contributed by atoms with Crippen LogP contribution in [0, 0.1) is 0 Å². The molecule has 5 nitrogen and oxygen atoms in total. The standard InChI is InChI=1S/C16H27NO4/c1-2-3-4-5-6-7-8-9-10-11-16(20)21-17-14(18)12-13-15(17)19/h2-13H2,1H3. The van der Waals surface area contributed by atoms with Crippen LogP contribution in [0.1, 0.15) is 84.0 Å². The maximum Gasteiger partial charge on any atom is 0.333 e. The van der Waals surface area contributed by atoms with Gasteiger partial charge >= 0.3 is 5.97 Å². The van der Waals surface area contributed by atoms with Gasteiger partial charge in [-0.05, 0) is 6.42 Å². The van der Waals surface area contributed by atoms with E-state index in [9.17, 15) is 14.4 Å². The number of hydrogen-bond acceptors (Lipinski definition) is 4. The number of nitrogens with zero attached hydrogens (tertiary/aromatic N) is 1. The summed E-state index contributed by atoms with van der Waals surface area (Å²) in [7, 11) is 0. The fraction of sp³-hybridized carbons (Fsp3) is 0.812. The Labute approximate surface area is 127 Å². The second kappa shape index (κ2) is 10.4. The first-order valence-electron chi connectivity index (χ1n) is 8.21. The Balaban J connectivity index is 1.96. The minimum absolute atomic E-state index is 0.143. The van der Waals surface area contributed by atoms with Gasteiger partial charge in [-0.3, -0.25) is 9.59 Å². The summed E-state index contributed by atoms with van der Waals surface area (Å²) < 4.78 is 0. The molecule has 0 aromatic heterocycles. The molecule has 1 saturated heterocycles. The zero-order valence-electron chi connectivity index (χ0n) is 13.1. The fourth-order valence-corrected chi connectivity index (χ4v) is 2.39. The molecule has 0 unspecified atom stereocenters. The third kappa shape index (κ3) is 7.25. The molecule has 0 spiro atoms. The molecule has 0 N–H and O–H groups in total. The van der Waals surface area contributed by atoms with Crippen LogP contribution in [-0.2, 0) is 19.2 Å². The van der Waals surface area contributed by atoms with Crippen LogP contribution in [0.5, 0.6) is 0 Å². The molecular weight excluding hydrogens is 270 g/mol. The fourth-order valence-electron chi connectivity index (χ4n) is 2.39. The molecular formula is C16H27NO4. The van der Waals surface area contributed by atoms with Crippen LogP contribution in [0.15, 0.2) is 0 Å². The Morgan fingerprint density at radius 2 is 1.38 bits per heavy atom. The molecule has 0 bridgehead atoms. The molecule has 0 aliphatic carbocycles. The lowest BCUT2D eigenvalue weighted by molar-refractivity contribution is -0.197. The summed E-state index contributed by atoms with van der Waals surface area (Å²) in [5.41, 5.74) is 0. The Kier molecular flexibility index (Phi) is 8.71. The Hall–Kier alpha value is -1.39. The highest BCUT2D eigenvalue weighted by Crippen LogP contribution is 2.14. The van der Waals surface area contributed by atoms with E-state index in [4.69, 9.17) is 4.84 Å². The smallest absolute Gasteiger partial charge is 0.330 e. The third-order valence-electron chi connectivity index (χ3n) is 3.68. The molecule has 0 atom stereocenters. The van der Waals surface area contributed by atoms with E-state index in [-0.39, 0.29) is 19.3 Å². The van der Waals surface area contributed by atoms with Crippen molar-refractivity contribution in [2.75, 3.05) is 0 Å².